The van der Waals surface area contributed by atoms with E-state index in [9.17, 15) is 9.59 Å². The molecule has 2 rings (SSSR count). The summed E-state index contributed by atoms with van der Waals surface area (Å²) in [6, 6.07) is 0.160. The van der Waals surface area contributed by atoms with Crippen molar-refractivity contribution in [2.24, 2.45) is 5.92 Å². The molecule has 0 aromatic rings. The average molecular weight is 269 g/mol. The SMILES string of the molecule is O=C(CC[C@@H]1CCCO1)NC1CCC(C(=O)O)CC1. The van der Waals surface area contributed by atoms with E-state index in [2.05, 4.69) is 5.32 Å². The first kappa shape index (κ1) is 14.3. The van der Waals surface area contributed by atoms with Crippen LogP contribution in [0.3, 0.4) is 0 Å². The molecule has 1 saturated carbocycles. The molecule has 0 aromatic heterocycles. The van der Waals surface area contributed by atoms with Crippen LogP contribution >= 0.6 is 0 Å². The first-order valence-corrected chi connectivity index (χ1v) is 7.29. The third-order valence-electron chi connectivity index (χ3n) is 4.16. The smallest absolute Gasteiger partial charge is 0.306 e. The predicted molar refractivity (Wildman–Crippen MR) is 69.7 cm³/mol. The number of hydrogen-bond donors (Lipinski definition) is 2. The average Bonchev–Trinajstić information content (AvgIpc) is 2.90. The molecule has 1 atom stereocenters. The Morgan fingerprint density at radius 1 is 1.16 bits per heavy atom. The second-order valence-corrected chi connectivity index (χ2v) is 5.63. The molecule has 1 heterocycles. The summed E-state index contributed by atoms with van der Waals surface area (Å²) in [6.45, 7) is 0.825. The zero-order valence-corrected chi connectivity index (χ0v) is 11.3. The molecule has 19 heavy (non-hydrogen) atoms. The number of carbonyl (C=O) groups excluding carboxylic acids is 1. The molecule has 0 bridgehead atoms. The Kier molecular flexibility index (Phi) is 5.19. The van der Waals surface area contributed by atoms with E-state index in [1.54, 1.807) is 0 Å². The van der Waals surface area contributed by atoms with Gasteiger partial charge in [0, 0.05) is 19.1 Å². The number of carbonyl (C=O) groups is 2. The van der Waals surface area contributed by atoms with E-state index in [0.717, 1.165) is 38.7 Å². The fourth-order valence-corrected chi connectivity index (χ4v) is 2.95. The lowest BCUT2D eigenvalue weighted by atomic mass is 9.86. The molecule has 2 aliphatic rings. The van der Waals surface area contributed by atoms with Gasteiger partial charge in [0.25, 0.3) is 0 Å². The number of carboxylic acids is 1. The van der Waals surface area contributed by atoms with Gasteiger partial charge in [0.15, 0.2) is 0 Å². The lowest BCUT2D eigenvalue weighted by Crippen LogP contribution is -2.38. The molecule has 108 valence electrons. The van der Waals surface area contributed by atoms with Crippen molar-refractivity contribution in [1.82, 2.24) is 5.32 Å². The number of carboxylic acid groups (broad SMARTS) is 1. The van der Waals surface area contributed by atoms with E-state index in [-0.39, 0.29) is 24.0 Å². The molecule has 2 N–H and O–H groups in total. The van der Waals surface area contributed by atoms with Gasteiger partial charge in [-0.3, -0.25) is 9.59 Å². The van der Waals surface area contributed by atoms with Gasteiger partial charge in [-0.25, -0.2) is 0 Å². The normalized spacial score (nSPS) is 31.1. The molecule has 1 amide bonds. The van der Waals surface area contributed by atoms with Gasteiger partial charge in [0.1, 0.15) is 0 Å². The minimum Gasteiger partial charge on any atom is -0.481 e. The Bertz CT molecular complexity index is 317. The van der Waals surface area contributed by atoms with Crippen molar-refractivity contribution in [3.63, 3.8) is 0 Å². The van der Waals surface area contributed by atoms with Crippen LogP contribution in [0.4, 0.5) is 0 Å². The number of aliphatic carboxylic acids is 1. The van der Waals surface area contributed by atoms with Crippen LogP contribution in [0, 0.1) is 5.92 Å². The first-order valence-electron chi connectivity index (χ1n) is 7.29. The maximum absolute atomic E-state index is 11.8. The van der Waals surface area contributed by atoms with Gasteiger partial charge in [0.05, 0.1) is 12.0 Å². The summed E-state index contributed by atoms with van der Waals surface area (Å²) in [5, 5.41) is 11.9. The number of nitrogens with one attached hydrogen (secondary N) is 1. The topological polar surface area (TPSA) is 75.6 Å². The van der Waals surface area contributed by atoms with Crippen molar-refractivity contribution in [3.8, 4) is 0 Å². The predicted octanol–water partition coefficient (Wildman–Crippen LogP) is 1.71. The summed E-state index contributed by atoms with van der Waals surface area (Å²) in [5.74, 6) is -0.850. The van der Waals surface area contributed by atoms with Crippen LogP contribution in [0.15, 0.2) is 0 Å². The molecular weight excluding hydrogens is 246 g/mol. The standard InChI is InChI=1S/C14H23NO4/c16-13(8-7-12-2-1-9-19-12)15-11-5-3-10(4-6-11)14(17)18/h10-12H,1-9H2,(H,15,16)(H,17,18)/t10?,11?,12-/m0/s1. The van der Waals surface area contributed by atoms with Crippen molar-refractivity contribution in [2.45, 2.75) is 63.5 Å². The summed E-state index contributed by atoms with van der Waals surface area (Å²) < 4.78 is 5.49. The number of amides is 1. The van der Waals surface area contributed by atoms with E-state index in [1.807, 2.05) is 0 Å². The monoisotopic (exact) mass is 269 g/mol. The van der Waals surface area contributed by atoms with Crippen LogP contribution in [-0.4, -0.2) is 35.7 Å². The zero-order chi connectivity index (χ0) is 13.7. The van der Waals surface area contributed by atoms with E-state index in [4.69, 9.17) is 9.84 Å². The van der Waals surface area contributed by atoms with Crippen LogP contribution in [0.25, 0.3) is 0 Å². The van der Waals surface area contributed by atoms with E-state index < -0.39 is 5.97 Å². The molecule has 0 radical (unpaired) electrons. The summed E-state index contributed by atoms with van der Waals surface area (Å²) in [6.07, 6.45) is 6.65. The van der Waals surface area contributed by atoms with Crippen LogP contribution in [0.5, 0.6) is 0 Å². The van der Waals surface area contributed by atoms with Gasteiger partial charge >= 0.3 is 5.97 Å². The lowest BCUT2D eigenvalue weighted by Gasteiger charge is -2.27. The van der Waals surface area contributed by atoms with Gasteiger partial charge in [-0.2, -0.15) is 0 Å². The highest BCUT2D eigenvalue weighted by atomic mass is 16.5. The van der Waals surface area contributed by atoms with Crippen LogP contribution in [0.1, 0.15) is 51.4 Å². The largest absolute Gasteiger partial charge is 0.481 e. The second kappa shape index (κ2) is 6.89. The molecule has 5 nitrogen and oxygen atoms in total. The Morgan fingerprint density at radius 3 is 2.47 bits per heavy atom. The molecule has 0 unspecified atom stereocenters. The Hall–Kier alpha value is -1.10. The van der Waals surface area contributed by atoms with Crippen molar-refractivity contribution in [3.05, 3.63) is 0 Å². The lowest BCUT2D eigenvalue weighted by molar-refractivity contribution is -0.142. The van der Waals surface area contributed by atoms with E-state index >= 15 is 0 Å². The fourth-order valence-electron chi connectivity index (χ4n) is 2.95. The summed E-state index contributed by atoms with van der Waals surface area (Å²) in [5.41, 5.74) is 0. The van der Waals surface area contributed by atoms with E-state index in [1.165, 1.54) is 0 Å². The number of ether oxygens (including phenoxy) is 1. The molecule has 5 heteroatoms. The molecular formula is C14H23NO4. The molecule has 0 aromatic carbocycles. The highest BCUT2D eigenvalue weighted by Crippen LogP contribution is 2.24. The van der Waals surface area contributed by atoms with Crippen molar-refractivity contribution < 1.29 is 19.4 Å². The third kappa shape index (κ3) is 4.49. The molecule has 1 aliphatic carbocycles. The van der Waals surface area contributed by atoms with Gasteiger partial charge in [-0.05, 0) is 44.9 Å². The van der Waals surface area contributed by atoms with Gasteiger partial charge in [0.2, 0.25) is 5.91 Å². The molecule has 2 fully saturated rings. The fraction of sp³-hybridized carbons (Fsp3) is 0.857. The number of hydrogen-bond acceptors (Lipinski definition) is 3. The second-order valence-electron chi connectivity index (χ2n) is 5.63. The third-order valence-corrected chi connectivity index (χ3v) is 4.16. The molecule has 1 saturated heterocycles. The Balaban J connectivity index is 1.61. The minimum absolute atomic E-state index is 0.0780. The summed E-state index contributed by atoms with van der Waals surface area (Å²) in [7, 11) is 0. The van der Waals surface area contributed by atoms with E-state index in [0.29, 0.717) is 19.3 Å². The quantitative estimate of drug-likeness (QED) is 0.796. The Morgan fingerprint density at radius 2 is 1.89 bits per heavy atom. The summed E-state index contributed by atoms with van der Waals surface area (Å²) in [4.78, 5) is 22.6. The highest BCUT2D eigenvalue weighted by Gasteiger charge is 2.26. The van der Waals surface area contributed by atoms with Gasteiger partial charge < -0.3 is 15.2 Å². The molecule has 0 spiro atoms. The van der Waals surface area contributed by atoms with Crippen LogP contribution < -0.4 is 5.32 Å². The molecule has 1 aliphatic heterocycles. The van der Waals surface area contributed by atoms with Gasteiger partial charge in [-0.1, -0.05) is 0 Å². The summed E-state index contributed by atoms with van der Waals surface area (Å²) >= 11 is 0. The number of rotatable bonds is 5. The zero-order valence-electron chi connectivity index (χ0n) is 11.3. The highest BCUT2D eigenvalue weighted by molar-refractivity contribution is 5.76. The van der Waals surface area contributed by atoms with Crippen molar-refractivity contribution in [2.75, 3.05) is 6.61 Å². The maximum atomic E-state index is 11.8. The first-order chi connectivity index (χ1) is 9.15. The van der Waals surface area contributed by atoms with Crippen molar-refractivity contribution >= 4 is 11.9 Å². The minimum atomic E-state index is -0.705. The van der Waals surface area contributed by atoms with Gasteiger partial charge in [-0.15, -0.1) is 0 Å². The maximum Gasteiger partial charge on any atom is 0.306 e. The van der Waals surface area contributed by atoms with Crippen molar-refractivity contribution in [1.29, 1.82) is 0 Å². The van der Waals surface area contributed by atoms with Crippen LogP contribution in [0.2, 0.25) is 0 Å². The Labute approximate surface area is 113 Å². The van der Waals surface area contributed by atoms with Crippen LogP contribution in [-0.2, 0) is 14.3 Å².